The van der Waals surface area contributed by atoms with Crippen molar-refractivity contribution in [2.24, 2.45) is 4.99 Å². The zero-order valence-electron chi connectivity index (χ0n) is 16.2. The van der Waals surface area contributed by atoms with E-state index in [0.29, 0.717) is 0 Å². The van der Waals surface area contributed by atoms with E-state index in [0.717, 1.165) is 25.1 Å². The largest absolute Gasteiger partial charge is 0.347 e. The molecule has 3 aromatic rings. The van der Waals surface area contributed by atoms with Crippen molar-refractivity contribution in [2.75, 3.05) is 13.1 Å². The molecule has 0 radical (unpaired) electrons. The minimum absolute atomic E-state index is 0.111. The normalized spacial score (nSPS) is 21.1. The molecule has 0 aliphatic carbocycles. The van der Waals surface area contributed by atoms with E-state index in [1.807, 2.05) is 47.8 Å². The minimum Gasteiger partial charge on any atom is -0.347 e. The van der Waals surface area contributed by atoms with Gasteiger partial charge in [-0.05, 0) is 47.0 Å². The van der Waals surface area contributed by atoms with Crippen LogP contribution in [0, 0.1) is 0 Å². The Bertz CT molecular complexity index is 1090. The van der Waals surface area contributed by atoms with Crippen molar-refractivity contribution in [3.63, 3.8) is 0 Å². The number of nitrogens with zero attached hydrogens (tertiary/aromatic N) is 3. The zero-order chi connectivity index (χ0) is 19.6. The van der Waals surface area contributed by atoms with Gasteiger partial charge >= 0.3 is 0 Å². The van der Waals surface area contributed by atoms with Crippen LogP contribution in [-0.2, 0) is 0 Å². The number of carbonyl (C=O) groups is 1. The van der Waals surface area contributed by atoms with Gasteiger partial charge in [-0.2, -0.15) is 0 Å². The molecule has 4 nitrogen and oxygen atoms in total. The second kappa shape index (κ2) is 7.55. The Hall–Kier alpha value is -3.40. The lowest BCUT2D eigenvalue weighted by Crippen LogP contribution is -2.40. The molecule has 0 spiro atoms. The molecule has 5 rings (SSSR count). The van der Waals surface area contributed by atoms with Crippen LogP contribution >= 0.6 is 0 Å². The van der Waals surface area contributed by atoms with Crippen molar-refractivity contribution in [1.29, 1.82) is 0 Å². The zero-order valence-corrected chi connectivity index (χ0v) is 16.2. The van der Waals surface area contributed by atoms with Gasteiger partial charge in [-0.1, -0.05) is 54.6 Å². The first-order valence-electron chi connectivity index (χ1n) is 10.1. The third kappa shape index (κ3) is 3.42. The van der Waals surface area contributed by atoms with Crippen LogP contribution in [0.25, 0.3) is 10.8 Å². The molecule has 2 heterocycles. The number of likely N-dealkylation sites (tertiary alicyclic amines) is 1. The maximum Gasteiger partial charge on any atom is 0.253 e. The third-order valence-electron chi connectivity index (χ3n) is 5.88. The minimum atomic E-state index is 0.111. The van der Waals surface area contributed by atoms with E-state index in [2.05, 4.69) is 58.4 Å². The number of carbonyl (C=O) groups excluding carboxylic acids is 1. The topological polar surface area (TPSA) is 35.9 Å². The summed E-state index contributed by atoms with van der Waals surface area (Å²) in [6, 6.07) is 25.0. The van der Waals surface area contributed by atoms with Gasteiger partial charge in [-0.3, -0.25) is 4.79 Å². The summed E-state index contributed by atoms with van der Waals surface area (Å²) < 4.78 is 0. The predicted octanol–water partition coefficient (Wildman–Crippen LogP) is 4.65. The molecular formula is C25H23N3O. The van der Waals surface area contributed by atoms with E-state index in [-0.39, 0.29) is 18.0 Å². The Balaban J connectivity index is 1.37. The molecule has 1 fully saturated rings. The van der Waals surface area contributed by atoms with Gasteiger partial charge in [0.05, 0.1) is 18.4 Å². The average molecular weight is 381 g/mol. The van der Waals surface area contributed by atoms with E-state index in [9.17, 15) is 4.79 Å². The monoisotopic (exact) mass is 381 g/mol. The van der Waals surface area contributed by atoms with Crippen LogP contribution < -0.4 is 0 Å². The summed E-state index contributed by atoms with van der Waals surface area (Å²) in [5.41, 5.74) is 2.00. The lowest BCUT2D eigenvalue weighted by Gasteiger charge is -2.35. The van der Waals surface area contributed by atoms with E-state index < -0.39 is 0 Å². The summed E-state index contributed by atoms with van der Waals surface area (Å²) in [5, 5.41) is 2.49. The highest BCUT2D eigenvalue weighted by Crippen LogP contribution is 2.31. The first-order valence-corrected chi connectivity index (χ1v) is 10.1. The number of hydrogen-bond donors (Lipinski definition) is 0. The number of benzene rings is 3. The van der Waals surface area contributed by atoms with Gasteiger partial charge in [0.1, 0.15) is 0 Å². The summed E-state index contributed by atoms with van der Waals surface area (Å²) >= 11 is 0. The summed E-state index contributed by atoms with van der Waals surface area (Å²) in [7, 11) is 0. The van der Waals surface area contributed by atoms with Gasteiger partial charge in [0, 0.05) is 24.9 Å². The summed E-state index contributed by atoms with van der Waals surface area (Å²) in [4.78, 5) is 21.5. The second-order valence-corrected chi connectivity index (χ2v) is 7.66. The maximum absolute atomic E-state index is 12.8. The highest BCUT2D eigenvalue weighted by Gasteiger charge is 2.33. The smallest absolute Gasteiger partial charge is 0.253 e. The lowest BCUT2D eigenvalue weighted by atomic mass is 9.99. The van der Waals surface area contributed by atoms with Crippen LogP contribution in [0.1, 0.15) is 28.4 Å². The van der Waals surface area contributed by atoms with E-state index in [1.54, 1.807) is 0 Å². The Labute approximate surface area is 170 Å². The number of rotatable bonds is 3. The fraction of sp³-hybridized carbons (Fsp3) is 0.200. The number of hydrogen-bond acceptors (Lipinski definition) is 3. The van der Waals surface area contributed by atoms with Crippen molar-refractivity contribution in [3.05, 3.63) is 96.2 Å². The highest BCUT2D eigenvalue weighted by atomic mass is 16.2. The molecule has 2 aliphatic rings. The van der Waals surface area contributed by atoms with Crippen LogP contribution in [0.4, 0.5) is 0 Å². The van der Waals surface area contributed by atoms with E-state index in [4.69, 9.17) is 0 Å². The van der Waals surface area contributed by atoms with Crippen LogP contribution in [-0.4, -0.2) is 41.2 Å². The molecule has 144 valence electrons. The molecule has 1 unspecified atom stereocenters. The SMILES string of the molecule is O=C(c1ccccc1)N1CC[C@@H](N2C=NC=CC2c2ccc3ccccc3c2)C1. The molecule has 0 saturated carbocycles. The Morgan fingerprint density at radius 2 is 1.72 bits per heavy atom. The first kappa shape index (κ1) is 17.7. The summed E-state index contributed by atoms with van der Waals surface area (Å²) in [5.74, 6) is 0.111. The van der Waals surface area contributed by atoms with Crippen molar-refractivity contribution in [3.8, 4) is 0 Å². The first-order chi connectivity index (χ1) is 14.3. The molecule has 2 atom stereocenters. The van der Waals surface area contributed by atoms with Crippen LogP contribution in [0.2, 0.25) is 0 Å². The van der Waals surface area contributed by atoms with Crippen LogP contribution in [0.5, 0.6) is 0 Å². The molecule has 0 aromatic heterocycles. The summed E-state index contributed by atoms with van der Waals surface area (Å²) in [6.45, 7) is 1.49. The number of fused-ring (bicyclic) bond motifs is 1. The van der Waals surface area contributed by atoms with Crippen LogP contribution in [0.3, 0.4) is 0 Å². The summed E-state index contributed by atoms with van der Waals surface area (Å²) in [6.07, 6.45) is 6.90. The molecule has 2 aliphatic heterocycles. The van der Waals surface area contributed by atoms with Gasteiger partial charge in [0.15, 0.2) is 0 Å². The predicted molar refractivity (Wildman–Crippen MR) is 117 cm³/mol. The standard InChI is InChI=1S/C25H23N3O/c29-25(20-7-2-1-3-8-20)27-15-13-23(17-27)28-18-26-14-12-24(28)22-11-10-19-6-4-5-9-21(19)16-22/h1-12,14,16,18,23-24H,13,15,17H2/t23-,24?/m1/s1. The quantitative estimate of drug-likeness (QED) is 0.662. The van der Waals surface area contributed by atoms with E-state index >= 15 is 0 Å². The lowest BCUT2D eigenvalue weighted by molar-refractivity contribution is 0.0782. The molecule has 4 heteroatoms. The fourth-order valence-electron chi connectivity index (χ4n) is 4.35. The Kier molecular flexibility index (Phi) is 4.60. The van der Waals surface area contributed by atoms with Crippen molar-refractivity contribution in [2.45, 2.75) is 18.5 Å². The molecule has 0 N–H and O–H groups in total. The Morgan fingerprint density at radius 1 is 0.931 bits per heavy atom. The van der Waals surface area contributed by atoms with Crippen molar-refractivity contribution >= 4 is 23.0 Å². The third-order valence-corrected chi connectivity index (χ3v) is 5.88. The van der Waals surface area contributed by atoms with Crippen LogP contribution in [0.15, 0.2) is 90.1 Å². The molecular weight excluding hydrogens is 358 g/mol. The van der Waals surface area contributed by atoms with Gasteiger partial charge in [0.2, 0.25) is 0 Å². The molecule has 1 amide bonds. The fourth-order valence-corrected chi connectivity index (χ4v) is 4.35. The molecule has 3 aromatic carbocycles. The number of amides is 1. The molecule has 29 heavy (non-hydrogen) atoms. The molecule has 1 saturated heterocycles. The van der Waals surface area contributed by atoms with Gasteiger partial charge in [-0.25, -0.2) is 4.99 Å². The maximum atomic E-state index is 12.8. The molecule has 0 bridgehead atoms. The average Bonchev–Trinajstić information content (AvgIpc) is 3.29. The van der Waals surface area contributed by atoms with Crippen molar-refractivity contribution in [1.82, 2.24) is 9.80 Å². The van der Waals surface area contributed by atoms with Gasteiger partial charge in [0.25, 0.3) is 5.91 Å². The second-order valence-electron chi connectivity index (χ2n) is 7.66. The van der Waals surface area contributed by atoms with Crippen molar-refractivity contribution < 1.29 is 4.79 Å². The highest BCUT2D eigenvalue weighted by molar-refractivity contribution is 5.94. The van der Waals surface area contributed by atoms with Gasteiger partial charge < -0.3 is 9.80 Å². The van der Waals surface area contributed by atoms with E-state index in [1.165, 1.54) is 16.3 Å². The number of aliphatic imine (C=N–C) groups is 1. The van der Waals surface area contributed by atoms with Gasteiger partial charge in [-0.15, -0.1) is 0 Å². The Morgan fingerprint density at radius 3 is 2.59 bits per heavy atom.